The van der Waals surface area contributed by atoms with Gasteiger partial charge in [0.15, 0.2) is 11.5 Å². The summed E-state index contributed by atoms with van der Waals surface area (Å²) in [6.07, 6.45) is 0. The molecule has 1 heterocycles. The molecule has 3 aromatic carbocycles. The SMILES string of the molecule is COc1cc2[nH]c(C(=O)N(Cc3ccccc3)Cc3ccccc3)cc2c(OC)c1OC. The molecule has 6 nitrogen and oxygen atoms in total. The molecule has 0 radical (unpaired) electrons. The first kappa shape index (κ1) is 21.3. The van der Waals surface area contributed by atoms with Gasteiger partial charge in [0.2, 0.25) is 5.75 Å². The average Bonchev–Trinajstić information content (AvgIpc) is 3.27. The zero-order chi connectivity index (χ0) is 22.5. The van der Waals surface area contributed by atoms with Crippen LogP contribution in [0.2, 0.25) is 0 Å². The van der Waals surface area contributed by atoms with Crippen LogP contribution in [0.25, 0.3) is 10.9 Å². The molecule has 0 aliphatic rings. The summed E-state index contributed by atoms with van der Waals surface area (Å²) in [5, 5.41) is 0.757. The number of hydrogen-bond donors (Lipinski definition) is 1. The minimum absolute atomic E-state index is 0.103. The van der Waals surface area contributed by atoms with Gasteiger partial charge in [0.05, 0.1) is 26.8 Å². The zero-order valence-corrected chi connectivity index (χ0v) is 18.4. The van der Waals surface area contributed by atoms with Gasteiger partial charge in [0.25, 0.3) is 5.91 Å². The number of amides is 1. The second-order valence-electron chi connectivity index (χ2n) is 7.42. The Morgan fingerprint density at radius 2 is 1.34 bits per heavy atom. The minimum Gasteiger partial charge on any atom is -0.493 e. The number of benzene rings is 3. The van der Waals surface area contributed by atoms with Crippen LogP contribution in [0, 0.1) is 0 Å². The lowest BCUT2D eigenvalue weighted by molar-refractivity contribution is 0.0725. The van der Waals surface area contributed by atoms with E-state index in [1.165, 1.54) is 0 Å². The van der Waals surface area contributed by atoms with Crippen molar-refractivity contribution in [3.05, 3.63) is 89.6 Å². The van der Waals surface area contributed by atoms with E-state index >= 15 is 0 Å². The number of nitrogens with one attached hydrogen (secondary N) is 1. The fourth-order valence-electron chi connectivity index (χ4n) is 3.84. The molecule has 164 valence electrons. The van der Waals surface area contributed by atoms with Crippen molar-refractivity contribution in [2.45, 2.75) is 13.1 Å². The summed E-state index contributed by atoms with van der Waals surface area (Å²) in [5.41, 5.74) is 3.34. The Balaban J connectivity index is 1.73. The van der Waals surface area contributed by atoms with Crippen LogP contribution >= 0.6 is 0 Å². The summed E-state index contributed by atoms with van der Waals surface area (Å²) in [6.45, 7) is 0.988. The van der Waals surface area contributed by atoms with Crippen molar-refractivity contribution < 1.29 is 19.0 Å². The van der Waals surface area contributed by atoms with Gasteiger partial charge in [-0.15, -0.1) is 0 Å². The molecule has 0 unspecified atom stereocenters. The maximum Gasteiger partial charge on any atom is 0.270 e. The molecule has 0 aliphatic carbocycles. The molecule has 0 fully saturated rings. The van der Waals surface area contributed by atoms with Crippen LogP contribution in [0.1, 0.15) is 21.6 Å². The molecule has 4 aromatic rings. The number of fused-ring (bicyclic) bond motifs is 1. The molecule has 1 N–H and O–H groups in total. The molecule has 1 aromatic heterocycles. The number of H-pyrrole nitrogens is 1. The summed E-state index contributed by atoms with van der Waals surface area (Å²) in [6, 6.07) is 23.6. The van der Waals surface area contributed by atoms with Crippen LogP contribution in [0.3, 0.4) is 0 Å². The molecule has 6 heteroatoms. The molecular formula is C26H26N2O4. The first-order valence-electron chi connectivity index (χ1n) is 10.3. The van der Waals surface area contributed by atoms with Gasteiger partial charge in [-0.25, -0.2) is 0 Å². The third kappa shape index (κ3) is 4.25. The van der Waals surface area contributed by atoms with Crippen molar-refractivity contribution in [1.82, 2.24) is 9.88 Å². The molecule has 0 saturated heterocycles. The molecule has 0 atom stereocenters. The van der Waals surface area contributed by atoms with Crippen molar-refractivity contribution in [2.24, 2.45) is 0 Å². The second kappa shape index (κ2) is 9.47. The summed E-state index contributed by atoms with van der Waals surface area (Å²) in [4.78, 5) is 18.7. The molecule has 4 rings (SSSR count). The van der Waals surface area contributed by atoms with Crippen LogP contribution in [0.5, 0.6) is 17.2 Å². The van der Waals surface area contributed by atoms with Crippen LogP contribution in [0.4, 0.5) is 0 Å². The molecule has 1 amide bonds. The Kier molecular flexibility index (Phi) is 6.31. The van der Waals surface area contributed by atoms with E-state index in [4.69, 9.17) is 14.2 Å². The van der Waals surface area contributed by atoms with E-state index in [1.807, 2.05) is 71.6 Å². The van der Waals surface area contributed by atoms with Gasteiger partial charge in [-0.2, -0.15) is 0 Å². The van der Waals surface area contributed by atoms with Gasteiger partial charge in [-0.3, -0.25) is 4.79 Å². The third-order valence-electron chi connectivity index (χ3n) is 5.38. The number of carbonyl (C=O) groups excluding carboxylic acids is 1. The summed E-state index contributed by atoms with van der Waals surface area (Å²) in [5.74, 6) is 1.44. The monoisotopic (exact) mass is 430 g/mol. The quantitative estimate of drug-likeness (QED) is 0.426. The number of methoxy groups -OCH3 is 3. The van der Waals surface area contributed by atoms with E-state index in [0.717, 1.165) is 22.0 Å². The largest absolute Gasteiger partial charge is 0.493 e. The van der Waals surface area contributed by atoms with Crippen molar-refractivity contribution in [3.8, 4) is 17.2 Å². The number of aromatic amines is 1. The van der Waals surface area contributed by atoms with Crippen LogP contribution in [-0.4, -0.2) is 37.1 Å². The maximum absolute atomic E-state index is 13.6. The number of rotatable bonds is 8. The summed E-state index contributed by atoms with van der Waals surface area (Å²) < 4.78 is 16.5. The molecule has 0 spiro atoms. The van der Waals surface area contributed by atoms with E-state index in [2.05, 4.69) is 4.98 Å². The molecule has 32 heavy (non-hydrogen) atoms. The summed E-state index contributed by atoms with van der Waals surface area (Å²) in [7, 11) is 4.70. The topological polar surface area (TPSA) is 63.8 Å². The lowest BCUT2D eigenvalue weighted by Gasteiger charge is -2.22. The highest BCUT2D eigenvalue weighted by molar-refractivity contribution is 6.01. The second-order valence-corrected chi connectivity index (χ2v) is 7.42. The molecule has 0 bridgehead atoms. The molecular weight excluding hydrogens is 404 g/mol. The lowest BCUT2D eigenvalue weighted by atomic mass is 10.1. The standard InChI is InChI=1S/C26H26N2O4/c1-30-23-15-21-20(24(31-2)25(23)32-3)14-22(27-21)26(29)28(16-18-10-6-4-7-11-18)17-19-12-8-5-9-13-19/h4-15,27H,16-17H2,1-3H3. The summed E-state index contributed by atoms with van der Waals surface area (Å²) >= 11 is 0. The highest BCUT2D eigenvalue weighted by atomic mass is 16.5. The van der Waals surface area contributed by atoms with E-state index in [1.54, 1.807) is 27.4 Å². The van der Waals surface area contributed by atoms with E-state index < -0.39 is 0 Å². The lowest BCUT2D eigenvalue weighted by Crippen LogP contribution is -2.30. The highest BCUT2D eigenvalue weighted by Gasteiger charge is 2.23. The van der Waals surface area contributed by atoms with Gasteiger partial charge in [0, 0.05) is 24.5 Å². The number of hydrogen-bond acceptors (Lipinski definition) is 4. The Hall–Kier alpha value is -3.93. The Labute approximate surface area is 187 Å². The number of ether oxygens (including phenoxy) is 3. The van der Waals surface area contributed by atoms with E-state index in [-0.39, 0.29) is 5.91 Å². The Morgan fingerprint density at radius 3 is 1.84 bits per heavy atom. The van der Waals surface area contributed by atoms with Crippen molar-refractivity contribution in [3.63, 3.8) is 0 Å². The highest BCUT2D eigenvalue weighted by Crippen LogP contribution is 2.43. The van der Waals surface area contributed by atoms with Crippen molar-refractivity contribution in [2.75, 3.05) is 21.3 Å². The normalized spacial score (nSPS) is 10.7. The van der Waals surface area contributed by atoms with Crippen molar-refractivity contribution >= 4 is 16.8 Å². The van der Waals surface area contributed by atoms with Gasteiger partial charge in [0.1, 0.15) is 5.69 Å². The van der Waals surface area contributed by atoms with E-state index in [0.29, 0.717) is 36.0 Å². The first-order valence-corrected chi connectivity index (χ1v) is 10.3. The number of nitrogens with zero attached hydrogens (tertiary/aromatic N) is 1. The minimum atomic E-state index is -0.103. The number of carbonyl (C=O) groups is 1. The smallest absolute Gasteiger partial charge is 0.270 e. The fourth-order valence-corrected chi connectivity index (χ4v) is 3.84. The van der Waals surface area contributed by atoms with Crippen LogP contribution in [0.15, 0.2) is 72.8 Å². The predicted molar refractivity (Wildman–Crippen MR) is 124 cm³/mol. The van der Waals surface area contributed by atoms with Gasteiger partial charge in [-0.05, 0) is 17.2 Å². The Morgan fingerprint density at radius 1 is 0.781 bits per heavy atom. The van der Waals surface area contributed by atoms with Crippen LogP contribution < -0.4 is 14.2 Å². The predicted octanol–water partition coefficient (Wildman–Crippen LogP) is 5.04. The zero-order valence-electron chi connectivity index (χ0n) is 18.4. The van der Waals surface area contributed by atoms with Crippen molar-refractivity contribution in [1.29, 1.82) is 0 Å². The maximum atomic E-state index is 13.6. The first-order chi connectivity index (χ1) is 15.6. The van der Waals surface area contributed by atoms with E-state index in [9.17, 15) is 4.79 Å². The van der Waals surface area contributed by atoms with Gasteiger partial charge < -0.3 is 24.1 Å². The van der Waals surface area contributed by atoms with Gasteiger partial charge >= 0.3 is 0 Å². The Bertz CT molecular complexity index is 1160. The molecule has 0 aliphatic heterocycles. The van der Waals surface area contributed by atoms with Gasteiger partial charge in [-0.1, -0.05) is 60.7 Å². The van der Waals surface area contributed by atoms with Crippen LogP contribution in [-0.2, 0) is 13.1 Å². The molecule has 0 saturated carbocycles. The fraction of sp³-hybridized carbons (Fsp3) is 0.192. The average molecular weight is 431 g/mol. The number of aromatic nitrogens is 1. The third-order valence-corrected chi connectivity index (χ3v) is 5.38.